The van der Waals surface area contributed by atoms with E-state index in [4.69, 9.17) is 12.2 Å². The van der Waals surface area contributed by atoms with E-state index in [-0.39, 0.29) is 11.2 Å². The minimum Gasteiger partial charge on any atom is -0.357 e. The number of thiocarbonyl (C=S) groups is 1. The zero-order valence-corrected chi connectivity index (χ0v) is 14.4. The summed E-state index contributed by atoms with van der Waals surface area (Å²) >= 11 is 5.11. The predicted molar refractivity (Wildman–Crippen MR) is 92.2 cm³/mol. The quantitative estimate of drug-likeness (QED) is 0.571. The Morgan fingerprint density at radius 1 is 1.13 bits per heavy atom. The van der Waals surface area contributed by atoms with Crippen molar-refractivity contribution in [2.24, 2.45) is 0 Å². The van der Waals surface area contributed by atoms with Crippen molar-refractivity contribution < 1.29 is 4.79 Å². The van der Waals surface area contributed by atoms with Gasteiger partial charge in [0.1, 0.15) is 0 Å². The van der Waals surface area contributed by atoms with Crippen LogP contribution >= 0.6 is 12.2 Å². The van der Waals surface area contributed by atoms with Gasteiger partial charge in [-0.1, -0.05) is 18.2 Å². The molecule has 0 aliphatic rings. The molecule has 0 saturated carbocycles. The molecule has 0 atom stereocenters. The van der Waals surface area contributed by atoms with Crippen molar-refractivity contribution in [1.82, 2.24) is 31.2 Å². The molecule has 1 aromatic heterocycles. The number of hydrogen-bond acceptors (Lipinski definition) is 4. The van der Waals surface area contributed by atoms with Crippen molar-refractivity contribution in [3.8, 4) is 5.69 Å². The van der Waals surface area contributed by atoms with E-state index in [1.54, 1.807) is 6.92 Å². The summed E-state index contributed by atoms with van der Waals surface area (Å²) in [5, 5.41) is 11.8. The third-order valence-corrected chi connectivity index (χ3v) is 2.97. The second-order valence-corrected chi connectivity index (χ2v) is 6.45. The van der Waals surface area contributed by atoms with Crippen LogP contribution in [-0.4, -0.2) is 31.6 Å². The van der Waals surface area contributed by atoms with E-state index < -0.39 is 5.91 Å². The first-order valence-corrected chi connectivity index (χ1v) is 7.55. The van der Waals surface area contributed by atoms with Gasteiger partial charge in [-0.05, 0) is 52.0 Å². The van der Waals surface area contributed by atoms with Crippen molar-refractivity contribution in [2.45, 2.75) is 33.2 Å². The van der Waals surface area contributed by atoms with Gasteiger partial charge in [-0.15, -0.1) is 5.10 Å². The van der Waals surface area contributed by atoms with E-state index >= 15 is 0 Å². The molecule has 122 valence electrons. The van der Waals surface area contributed by atoms with Gasteiger partial charge in [0.2, 0.25) is 0 Å². The van der Waals surface area contributed by atoms with E-state index in [1.807, 2.05) is 51.1 Å². The molecular weight excluding hydrogens is 312 g/mol. The average molecular weight is 332 g/mol. The van der Waals surface area contributed by atoms with E-state index in [9.17, 15) is 4.79 Å². The number of nitrogens with one attached hydrogen (secondary N) is 3. The summed E-state index contributed by atoms with van der Waals surface area (Å²) in [7, 11) is 0. The van der Waals surface area contributed by atoms with E-state index in [0.717, 1.165) is 5.69 Å². The Morgan fingerprint density at radius 2 is 1.78 bits per heavy atom. The third-order valence-electron chi connectivity index (χ3n) is 2.76. The summed E-state index contributed by atoms with van der Waals surface area (Å²) in [5.41, 5.74) is 6.53. The van der Waals surface area contributed by atoms with Crippen LogP contribution in [0.4, 0.5) is 0 Å². The number of benzene rings is 1. The molecule has 0 radical (unpaired) electrons. The number of carbonyl (C=O) groups excluding carboxylic acids is 1. The SMILES string of the molecule is Cc1nn(-c2ccccc2)nc1C(=O)NNC(=S)NC(C)(C)C. The zero-order valence-electron chi connectivity index (χ0n) is 13.5. The Morgan fingerprint density at radius 3 is 2.39 bits per heavy atom. The summed E-state index contributed by atoms with van der Waals surface area (Å²) < 4.78 is 0. The van der Waals surface area contributed by atoms with Crippen molar-refractivity contribution in [2.75, 3.05) is 0 Å². The second-order valence-electron chi connectivity index (χ2n) is 6.04. The molecule has 0 unspecified atom stereocenters. The van der Waals surface area contributed by atoms with Gasteiger partial charge in [0.15, 0.2) is 10.8 Å². The van der Waals surface area contributed by atoms with Gasteiger partial charge in [-0.25, -0.2) is 0 Å². The van der Waals surface area contributed by atoms with Crippen LogP contribution in [0.25, 0.3) is 5.69 Å². The maximum absolute atomic E-state index is 12.2. The molecule has 2 rings (SSSR count). The van der Waals surface area contributed by atoms with Crippen LogP contribution in [-0.2, 0) is 0 Å². The molecule has 0 spiro atoms. The van der Waals surface area contributed by atoms with Gasteiger partial charge in [0, 0.05) is 5.54 Å². The Hall–Kier alpha value is -2.48. The van der Waals surface area contributed by atoms with Gasteiger partial charge in [-0.2, -0.15) is 9.90 Å². The molecule has 1 amide bonds. The summed E-state index contributed by atoms with van der Waals surface area (Å²) in [6.07, 6.45) is 0. The van der Waals surface area contributed by atoms with Gasteiger partial charge < -0.3 is 5.32 Å². The third kappa shape index (κ3) is 4.75. The molecule has 3 N–H and O–H groups in total. The number of hydrogen-bond donors (Lipinski definition) is 3. The number of amides is 1. The van der Waals surface area contributed by atoms with Crippen LogP contribution in [0.3, 0.4) is 0 Å². The molecule has 23 heavy (non-hydrogen) atoms. The number of carbonyl (C=O) groups is 1. The minimum atomic E-state index is -0.400. The number of para-hydroxylation sites is 1. The fourth-order valence-corrected chi connectivity index (χ4v) is 2.17. The topological polar surface area (TPSA) is 83.9 Å². The van der Waals surface area contributed by atoms with Crippen molar-refractivity contribution >= 4 is 23.2 Å². The van der Waals surface area contributed by atoms with Gasteiger partial charge >= 0.3 is 0 Å². The fourth-order valence-electron chi connectivity index (χ4n) is 1.81. The molecule has 1 heterocycles. The molecular formula is C15H20N6OS. The Bertz CT molecular complexity index is 705. The molecule has 2 aromatic rings. The fraction of sp³-hybridized carbons (Fsp3) is 0.333. The number of hydrazine groups is 1. The van der Waals surface area contributed by atoms with Crippen LogP contribution in [0.15, 0.2) is 30.3 Å². The summed E-state index contributed by atoms with van der Waals surface area (Å²) in [5.74, 6) is -0.400. The lowest BCUT2D eigenvalue weighted by atomic mass is 10.1. The normalized spacial score (nSPS) is 11.0. The van der Waals surface area contributed by atoms with Crippen molar-refractivity contribution in [3.63, 3.8) is 0 Å². The first-order valence-electron chi connectivity index (χ1n) is 7.14. The standard InChI is InChI=1S/C15H20N6OS/c1-10-12(13(22)17-18-14(23)16-15(2,3)4)20-21(19-10)11-8-6-5-7-9-11/h5-9H,1-4H3,(H,17,22)(H2,16,18,23). The maximum atomic E-state index is 12.2. The minimum absolute atomic E-state index is 0.193. The van der Waals surface area contributed by atoms with E-state index in [0.29, 0.717) is 10.8 Å². The summed E-state index contributed by atoms with van der Waals surface area (Å²) in [6, 6.07) is 9.39. The van der Waals surface area contributed by atoms with Crippen LogP contribution in [0.2, 0.25) is 0 Å². The van der Waals surface area contributed by atoms with Crippen molar-refractivity contribution in [3.05, 3.63) is 41.7 Å². The number of nitrogens with zero attached hydrogens (tertiary/aromatic N) is 3. The Balaban J connectivity index is 2.03. The highest BCUT2D eigenvalue weighted by atomic mass is 32.1. The Labute approximate surface area is 140 Å². The molecule has 0 saturated heterocycles. The molecule has 8 heteroatoms. The number of aromatic nitrogens is 3. The maximum Gasteiger partial charge on any atom is 0.292 e. The van der Waals surface area contributed by atoms with E-state index in [2.05, 4.69) is 26.4 Å². The van der Waals surface area contributed by atoms with Crippen LogP contribution < -0.4 is 16.2 Å². The molecule has 0 fully saturated rings. The lowest BCUT2D eigenvalue weighted by Crippen LogP contribution is -2.52. The predicted octanol–water partition coefficient (Wildman–Crippen LogP) is 1.48. The highest BCUT2D eigenvalue weighted by Gasteiger charge is 2.17. The lowest BCUT2D eigenvalue weighted by Gasteiger charge is -2.22. The van der Waals surface area contributed by atoms with Crippen molar-refractivity contribution in [1.29, 1.82) is 0 Å². The lowest BCUT2D eigenvalue weighted by molar-refractivity contribution is 0.0937. The average Bonchev–Trinajstić information content (AvgIpc) is 2.86. The molecule has 0 aliphatic heterocycles. The van der Waals surface area contributed by atoms with Gasteiger partial charge in [0.25, 0.3) is 5.91 Å². The first-order chi connectivity index (χ1) is 10.8. The first kappa shape index (κ1) is 16.9. The highest BCUT2D eigenvalue weighted by molar-refractivity contribution is 7.80. The number of aryl methyl sites for hydroxylation is 1. The molecule has 0 bridgehead atoms. The highest BCUT2D eigenvalue weighted by Crippen LogP contribution is 2.07. The molecule has 0 aliphatic carbocycles. The second kappa shape index (κ2) is 6.74. The summed E-state index contributed by atoms with van der Waals surface area (Å²) in [4.78, 5) is 13.6. The molecule has 7 nitrogen and oxygen atoms in total. The van der Waals surface area contributed by atoms with Gasteiger partial charge in [0.05, 0.1) is 11.4 Å². The van der Waals surface area contributed by atoms with E-state index in [1.165, 1.54) is 4.80 Å². The Kier molecular flexibility index (Phi) is 4.95. The van der Waals surface area contributed by atoms with Crippen LogP contribution in [0.1, 0.15) is 37.0 Å². The monoisotopic (exact) mass is 332 g/mol. The largest absolute Gasteiger partial charge is 0.357 e. The summed E-state index contributed by atoms with van der Waals surface area (Å²) in [6.45, 7) is 7.64. The van der Waals surface area contributed by atoms with Crippen LogP contribution in [0.5, 0.6) is 0 Å². The smallest absolute Gasteiger partial charge is 0.292 e. The molecule has 1 aromatic carbocycles. The van der Waals surface area contributed by atoms with Gasteiger partial charge in [-0.3, -0.25) is 15.6 Å². The number of rotatable bonds is 2. The van der Waals surface area contributed by atoms with Crippen LogP contribution in [0, 0.1) is 6.92 Å². The zero-order chi connectivity index (χ0) is 17.0.